The average molecular weight is 295 g/mol. The third-order valence-corrected chi connectivity index (χ3v) is 4.32. The van der Waals surface area contributed by atoms with Crippen LogP contribution < -0.4 is 5.32 Å². The molecule has 0 aliphatic rings. The molecular formula is C16H29N3O2. The van der Waals surface area contributed by atoms with Gasteiger partial charge in [-0.15, -0.1) is 0 Å². The summed E-state index contributed by atoms with van der Waals surface area (Å²) in [5.41, 5.74) is 3.08. The van der Waals surface area contributed by atoms with Gasteiger partial charge in [-0.05, 0) is 31.7 Å². The minimum absolute atomic E-state index is 0.0139. The smallest absolute Gasteiger partial charge is 0.223 e. The molecule has 0 fully saturated rings. The first kappa shape index (κ1) is 17.7. The van der Waals surface area contributed by atoms with Gasteiger partial charge in [0, 0.05) is 18.2 Å². The number of aliphatic hydroxyl groups is 1. The number of nitrogens with zero attached hydrogens (tertiary/aromatic N) is 1. The van der Waals surface area contributed by atoms with Crippen molar-refractivity contribution in [2.24, 2.45) is 11.8 Å². The molecule has 1 rings (SSSR count). The minimum atomic E-state index is -0.464. The molecule has 0 aliphatic carbocycles. The molecule has 21 heavy (non-hydrogen) atoms. The van der Waals surface area contributed by atoms with Crippen molar-refractivity contribution in [1.29, 1.82) is 0 Å². The lowest BCUT2D eigenvalue weighted by atomic mass is 9.96. The van der Waals surface area contributed by atoms with Crippen molar-refractivity contribution >= 4 is 5.91 Å². The van der Waals surface area contributed by atoms with E-state index >= 15 is 0 Å². The number of hydrogen-bond acceptors (Lipinski definition) is 3. The zero-order valence-corrected chi connectivity index (χ0v) is 13.9. The van der Waals surface area contributed by atoms with E-state index in [1.807, 2.05) is 20.8 Å². The molecule has 0 spiro atoms. The van der Waals surface area contributed by atoms with Crippen LogP contribution in [-0.2, 0) is 11.2 Å². The molecule has 0 bridgehead atoms. The van der Waals surface area contributed by atoms with Crippen molar-refractivity contribution in [3.8, 4) is 0 Å². The van der Waals surface area contributed by atoms with Crippen molar-refractivity contribution in [2.75, 3.05) is 6.54 Å². The number of aliphatic hydroxyl groups excluding tert-OH is 1. The molecule has 1 aromatic rings. The first-order valence-corrected chi connectivity index (χ1v) is 7.86. The van der Waals surface area contributed by atoms with E-state index in [0.29, 0.717) is 13.0 Å². The lowest BCUT2D eigenvalue weighted by Gasteiger charge is -2.21. The number of hydrogen-bond donors (Lipinski definition) is 3. The van der Waals surface area contributed by atoms with Crippen molar-refractivity contribution in [3.05, 3.63) is 17.0 Å². The molecule has 0 radical (unpaired) electrons. The molecule has 5 heteroatoms. The molecular weight excluding hydrogens is 266 g/mol. The van der Waals surface area contributed by atoms with Crippen LogP contribution in [0.4, 0.5) is 0 Å². The third-order valence-electron chi connectivity index (χ3n) is 4.32. The van der Waals surface area contributed by atoms with Gasteiger partial charge in [0.2, 0.25) is 5.91 Å². The Morgan fingerprint density at radius 3 is 2.43 bits per heavy atom. The minimum Gasteiger partial charge on any atom is -0.391 e. The Balaban J connectivity index is 2.48. The maximum absolute atomic E-state index is 12.1. The highest BCUT2D eigenvalue weighted by Gasteiger charge is 2.20. The summed E-state index contributed by atoms with van der Waals surface area (Å²) in [6, 6.07) is 0. The Labute approximate surface area is 127 Å². The van der Waals surface area contributed by atoms with Crippen LogP contribution in [0.1, 0.15) is 50.6 Å². The topological polar surface area (TPSA) is 78.0 Å². The van der Waals surface area contributed by atoms with Crippen LogP contribution in [0.3, 0.4) is 0 Å². The highest BCUT2D eigenvalue weighted by Crippen LogP contribution is 2.16. The summed E-state index contributed by atoms with van der Waals surface area (Å²) in [5.74, 6) is 0.105. The van der Waals surface area contributed by atoms with Crippen LogP contribution in [0.25, 0.3) is 0 Å². The number of aryl methyl sites for hydroxylation is 2. The van der Waals surface area contributed by atoms with Gasteiger partial charge in [0.1, 0.15) is 0 Å². The first-order valence-electron chi connectivity index (χ1n) is 7.86. The monoisotopic (exact) mass is 295 g/mol. The number of amides is 1. The quantitative estimate of drug-likeness (QED) is 0.687. The molecule has 0 saturated carbocycles. The molecule has 2 atom stereocenters. The van der Waals surface area contributed by atoms with Gasteiger partial charge >= 0.3 is 0 Å². The third kappa shape index (κ3) is 4.84. The molecule has 1 aromatic heterocycles. The Morgan fingerprint density at radius 1 is 1.33 bits per heavy atom. The van der Waals surface area contributed by atoms with Gasteiger partial charge in [-0.25, -0.2) is 0 Å². The number of carbonyl (C=O) groups is 1. The van der Waals surface area contributed by atoms with Crippen molar-refractivity contribution in [3.63, 3.8) is 0 Å². The van der Waals surface area contributed by atoms with E-state index in [4.69, 9.17) is 0 Å². The van der Waals surface area contributed by atoms with Gasteiger partial charge in [-0.3, -0.25) is 9.89 Å². The van der Waals surface area contributed by atoms with Gasteiger partial charge in [0.05, 0.1) is 11.8 Å². The van der Waals surface area contributed by atoms with Gasteiger partial charge in [-0.2, -0.15) is 5.10 Å². The van der Waals surface area contributed by atoms with Crippen molar-refractivity contribution in [1.82, 2.24) is 15.5 Å². The van der Waals surface area contributed by atoms with E-state index in [2.05, 4.69) is 29.4 Å². The maximum atomic E-state index is 12.1. The second kappa shape index (κ2) is 8.17. The largest absolute Gasteiger partial charge is 0.391 e. The molecule has 1 heterocycles. The Kier molecular flexibility index (Phi) is 6.89. The predicted octanol–water partition coefficient (Wildman–Crippen LogP) is 2.12. The van der Waals surface area contributed by atoms with Gasteiger partial charge in [0.15, 0.2) is 0 Å². The molecule has 0 aromatic carbocycles. The van der Waals surface area contributed by atoms with E-state index in [9.17, 15) is 9.90 Å². The predicted molar refractivity (Wildman–Crippen MR) is 84.0 cm³/mol. The fourth-order valence-corrected chi connectivity index (χ4v) is 2.65. The summed E-state index contributed by atoms with van der Waals surface area (Å²) in [6.45, 7) is 10.3. The van der Waals surface area contributed by atoms with Crippen molar-refractivity contribution < 1.29 is 9.90 Å². The van der Waals surface area contributed by atoms with Crippen LogP contribution >= 0.6 is 0 Å². The summed E-state index contributed by atoms with van der Waals surface area (Å²) in [7, 11) is 0. The Morgan fingerprint density at radius 2 is 1.95 bits per heavy atom. The SMILES string of the molecule is CCC(CC)C(O)CNC(=O)C(C)Cc1c(C)n[nH]c1C. The lowest BCUT2D eigenvalue weighted by molar-refractivity contribution is -0.125. The molecule has 120 valence electrons. The molecule has 2 unspecified atom stereocenters. The van der Waals surface area contributed by atoms with Gasteiger partial charge < -0.3 is 10.4 Å². The second-order valence-electron chi connectivity index (χ2n) is 5.91. The molecule has 3 N–H and O–H groups in total. The van der Waals surface area contributed by atoms with Crippen LogP contribution in [0, 0.1) is 25.7 Å². The Bertz CT molecular complexity index is 433. The number of rotatable bonds is 8. The molecule has 0 saturated heterocycles. The van der Waals surface area contributed by atoms with E-state index < -0.39 is 6.10 Å². The molecule has 1 amide bonds. The fraction of sp³-hybridized carbons (Fsp3) is 0.750. The number of H-pyrrole nitrogens is 1. The average Bonchev–Trinajstić information content (AvgIpc) is 2.77. The first-order chi connectivity index (χ1) is 9.90. The summed E-state index contributed by atoms with van der Waals surface area (Å²) < 4.78 is 0. The maximum Gasteiger partial charge on any atom is 0.223 e. The van der Waals surface area contributed by atoms with Gasteiger partial charge in [-0.1, -0.05) is 33.6 Å². The zero-order chi connectivity index (χ0) is 16.0. The highest BCUT2D eigenvalue weighted by atomic mass is 16.3. The summed E-state index contributed by atoms with van der Waals surface area (Å²) >= 11 is 0. The number of aromatic amines is 1. The lowest BCUT2D eigenvalue weighted by Crippen LogP contribution is -2.39. The number of nitrogens with one attached hydrogen (secondary N) is 2. The van der Waals surface area contributed by atoms with Crippen LogP contribution in [-0.4, -0.2) is 33.9 Å². The van der Waals surface area contributed by atoms with E-state index in [1.54, 1.807) is 0 Å². The molecule has 5 nitrogen and oxygen atoms in total. The standard InChI is InChI=1S/C16H29N3O2/c1-6-13(7-2)15(20)9-17-16(21)10(3)8-14-11(4)18-19-12(14)5/h10,13,15,20H,6-9H2,1-5H3,(H,17,21)(H,18,19). The highest BCUT2D eigenvalue weighted by molar-refractivity contribution is 5.78. The van der Waals surface area contributed by atoms with Gasteiger partial charge in [0.25, 0.3) is 0 Å². The number of aromatic nitrogens is 2. The van der Waals surface area contributed by atoms with Crippen LogP contribution in [0.15, 0.2) is 0 Å². The normalized spacial score (nSPS) is 14.2. The molecule has 0 aliphatic heterocycles. The summed E-state index contributed by atoms with van der Waals surface area (Å²) in [6.07, 6.45) is 2.06. The Hall–Kier alpha value is -1.36. The van der Waals surface area contributed by atoms with E-state index in [0.717, 1.165) is 29.8 Å². The summed E-state index contributed by atoms with van der Waals surface area (Å²) in [5, 5.41) is 20.0. The zero-order valence-electron chi connectivity index (χ0n) is 13.9. The van der Waals surface area contributed by atoms with E-state index in [1.165, 1.54) is 0 Å². The van der Waals surface area contributed by atoms with Crippen LogP contribution in [0.5, 0.6) is 0 Å². The van der Waals surface area contributed by atoms with Crippen molar-refractivity contribution in [2.45, 2.75) is 60.0 Å². The number of carbonyl (C=O) groups excluding carboxylic acids is 1. The summed E-state index contributed by atoms with van der Waals surface area (Å²) in [4.78, 5) is 12.1. The van der Waals surface area contributed by atoms with Crippen LogP contribution in [0.2, 0.25) is 0 Å². The van der Waals surface area contributed by atoms with E-state index in [-0.39, 0.29) is 17.7 Å². The second-order valence-corrected chi connectivity index (χ2v) is 5.91. The fourth-order valence-electron chi connectivity index (χ4n) is 2.65.